The van der Waals surface area contributed by atoms with Crippen molar-refractivity contribution in [1.29, 1.82) is 5.26 Å². The van der Waals surface area contributed by atoms with Gasteiger partial charge >= 0.3 is 0 Å². The number of nitriles is 1. The van der Waals surface area contributed by atoms with Gasteiger partial charge in [0.1, 0.15) is 0 Å². The smallest absolute Gasteiger partial charge is 0.226 e. The highest BCUT2D eigenvalue weighted by Gasteiger charge is 2.16. The lowest BCUT2D eigenvalue weighted by Crippen LogP contribution is -2.14. The van der Waals surface area contributed by atoms with Crippen molar-refractivity contribution in [2.75, 3.05) is 5.32 Å². The van der Waals surface area contributed by atoms with E-state index in [1.54, 1.807) is 0 Å². The number of anilines is 1. The molecule has 0 aliphatic heterocycles. The zero-order valence-electron chi connectivity index (χ0n) is 10.6. The van der Waals surface area contributed by atoms with E-state index in [1.807, 2.05) is 48.7 Å². The Labute approximate surface area is 116 Å². The second-order valence-corrected chi connectivity index (χ2v) is 5.30. The molecule has 4 heteroatoms. The number of hydrogen-bond acceptors (Lipinski definition) is 3. The number of nitrogens with one attached hydrogen (secondary N) is 1. The molecule has 19 heavy (non-hydrogen) atoms. The first-order valence-corrected chi connectivity index (χ1v) is 6.86. The first kappa shape index (κ1) is 13.3. The Kier molecular flexibility index (Phi) is 4.32. The number of carbonyl (C=O) groups excluding carboxylic acids is 1. The van der Waals surface area contributed by atoms with Crippen molar-refractivity contribution in [3.8, 4) is 6.07 Å². The third-order valence-corrected chi connectivity index (χ3v) is 3.72. The average Bonchev–Trinajstić information content (AvgIpc) is 2.89. The molecular formula is C15H14N2OS. The molecule has 0 saturated heterocycles. The van der Waals surface area contributed by atoms with Crippen LogP contribution in [0.1, 0.15) is 22.8 Å². The maximum absolute atomic E-state index is 11.9. The quantitative estimate of drug-likeness (QED) is 0.921. The zero-order valence-corrected chi connectivity index (χ0v) is 11.4. The van der Waals surface area contributed by atoms with E-state index in [2.05, 4.69) is 11.4 Å². The Hall–Kier alpha value is -2.12. The number of nitrogens with zero attached hydrogens (tertiary/aromatic N) is 1. The first-order valence-electron chi connectivity index (χ1n) is 5.98. The van der Waals surface area contributed by atoms with E-state index >= 15 is 0 Å². The summed E-state index contributed by atoms with van der Waals surface area (Å²) in [7, 11) is 0. The van der Waals surface area contributed by atoms with Crippen molar-refractivity contribution in [1.82, 2.24) is 0 Å². The molecule has 2 aromatic rings. The number of aryl methyl sites for hydroxylation is 1. The summed E-state index contributed by atoms with van der Waals surface area (Å²) >= 11 is 1.50. The molecule has 1 aromatic carbocycles. The third kappa shape index (κ3) is 3.67. The number of thiophene rings is 1. The van der Waals surface area contributed by atoms with Gasteiger partial charge in [-0.1, -0.05) is 18.2 Å². The van der Waals surface area contributed by atoms with Crippen LogP contribution in [0.5, 0.6) is 0 Å². The summed E-state index contributed by atoms with van der Waals surface area (Å²) < 4.78 is 0. The topological polar surface area (TPSA) is 52.9 Å². The minimum absolute atomic E-state index is 0.134. The summed E-state index contributed by atoms with van der Waals surface area (Å²) in [5.41, 5.74) is 1.86. The van der Waals surface area contributed by atoms with Crippen molar-refractivity contribution in [3.63, 3.8) is 0 Å². The Morgan fingerprint density at radius 2 is 2.26 bits per heavy atom. The van der Waals surface area contributed by atoms with Gasteiger partial charge in [0.2, 0.25) is 5.91 Å². The van der Waals surface area contributed by atoms with E-state index in [-0.39, 0.29) is 18.2 Å². The molecule has 1 unspecified atom stereocenters. The Balaban J connectivity index is 1.99. The van der Waals surface area contributed by atoms with E-state index in [9.17, 15) is 4.79 Å². The summed E-state index contributed by atoms with van der Waals surface area (Å²) in [5.74, 6) is -0.504. The van der Waals surface area contributed by atoms with Crippen LogP contribution in [-0.2, 0) is 4.79 Å². The lowest BCUT2D eigenvalue weighted by Gasteiger charge is -2.08. The van der Waals surface area contributed by atoms with E-state index in [0.717, 1.165) is 16.1 Å². The van der Waals surface area contributed by atoms with E-state index < -0.39 is 0 Å². The van der Waals surface area contributed by atoms with Crippen LogP contribution in [0, 0.1) is 18.3 Å². The number of rotatable bonds is 4. The summed E-state index contributed by atoms with van der Waals surface area (Å²) in [4.78, 5) is 12.9. The molecule has 96 valence electrons. The van der Waals surface area contributed by atoms with Crippen LogP contribution >= 0.6 is 11.3 Å². The van der Waals surface area contributed by atoms with E-state index in [1.165, 1.54) is 11.3 Å². The fourth-order valence-electron chi connectivity index (χ4n) is 1.82. The van der Waals surface area contributed by atoms with Crippen LogP contribution in [0.25, 0.3) is 0 Å². The summed E-state index contributed by atoms with van der Waals surface area (Å²) in [6, 6.07) is 13.6. The maximum Gasteiger partial charge on any atom is 0.226 e. The fraction of sp³-hybridized carbons (Fsp3) is 0.200. The molecule has 3 nitrogen and oxygen atoms in total. The van der Waals surface area contributed by atoms with Gasteiger partial charge in [-0.05, 0) is 36.1 Å². The molecule has 0 radical (unpaired) electrons. The Bertz CT molecular complexity index is 599. The lowest BCUT2D eigenvalue weighted by atomic mass is 10.1. The van der Waals surface area contributed by atoms with Gasteiger partial charge in [0.05, 0.1) is 12.0 Å². The van der Waals surface area contributed by atoms with Crippen molar-refractivity contribution in [2.45, 2.75) is 19.3 Å². The van der Waals surface area contributed by atoms with Crippen molar-refractivity contribution >= 4 is 22.9 Å². The third-order valence-electron chi connectivity index (χ3n) is 2.73. The van der Waals surface area contributed by atoms with E-state index in [4.69, 9.17) is 5.26 Å². The summed E-state index contributed by atoms with van der Waals surface area (Å²) in [6.07, 6.45) is 0.185. The summed E-state index contributed by atoms with van der Waals surface area (Å²) in [5, 5.41) is 13.9. The highest BCUT2D eigenvalue weighted by atomic mass is 32.1. The summed E-state index contributed by atoms with van der Waals surface area (Å²) in [6.45, 7) is 1.97. The minimum atomic E-state index is -0.371. The Morgan fingerprint density at radius 3 is 2.89 bits per heavy atom. The number of carbonyl (C=O) groups is 1. The number of benzene rings is 1. The average molecular weight is 270 g/mol. The fourth-order valence-corrected chi connectivity index (χ4v) is 2.59. The molecule has 1 heterocycles. The first-order chi connectivity index (χ1) is 9.19. The standard InChI is InChI=1S/C15H14N2OS/c1-11-4-2-5-13(8-11)17-15(18)9-12(10-16)14-6-3-7-19-14/h2-8,12H,9H2,1H3,(H,17,18). The molecule has 2 rings (SSSR count). The number of hydrogen-bond donors (Lipinski definition) is 1. The van der Waals surface area contributed by atoms with E-state index in [0.29, 0.717) is 0 Å². The van der Waals surface area contributed by atoms with Gasteiger partial charge in [-0.2, -0.15) is 5.26 Å². The van der Waals surface area contributed by atoms with Gasteiger partial charge in [-0.25, -0.2) is 0 Å². The van der Waals surface area contributed by atoms with Gasteiger partial charge in [0.15, 0.2) is 0 Å². The predicted molar refractivity (Wildman–Crippen MR) is 77.1 cm³/mol. The van der Waals surface area contributed by atoms with Crippen molar-refractivity contribution in [3.05, 3.63) is 52.2 Å². The molecule has 0 fully saturated rings. The van der Waals surface area contributed by atoms with Crippen LogP contribution < -0.4 is 5.32 Å². The monoisotopic (exact) mass is 270 g/mol. The predicted octanol–water partition coefficient (Wildman–Crippen LogP) is 3.69. The maximum atomic E-state index is 11.9. The second kappa shape index (κ2) is 6.17. The lowest BCUT2D eigenvalue weighted by molar-refractivity contribution is -0.116. The molecule has 0 spiro atoms. The highest BCUT2D eigenvalue weighted by Crippen LogP contribution is 2.24. The van der Waals surface area contributed by atoms with Gasteiger partial charge < -0.3 is 5.32 Å². The SMILES string of the molecule is Cc1cccc(NC(=O)CC(C#N)c2cccs2)c1. The molecule has 0 bridgehead atoms. The molecule has 1 aromatic heterocycles. The van der Waals surface area contributed by atoms with Crippen LogP contribution in [0.4, 0.5) is 5.69 Å². The zero-order chi connectivity index (χ0) is 13.7. The largest absolute Gasteiger partial charge is 0.326 e. The number of amides is 1. The normalized spacial score (nSPS) is 11.6. The minimum Gasteiger partial charge on any atom is -0.326 e. The van der Waals surface area contributed by atoms with Gasteiger partial charge in [-0.3, -0.25) is 4.79 Å². The molecular weight excluding hydrogens is 256 g/mol. The van der Waals surface area contributed by atoms with Crippen LogP contribution in [0.2, 0.25) is 0 Å². The van der Waals surface area contributed by atoms with Crippen LogP contribution in [-0.4, -0.2) is 5.91 Å². The second-order valence-electron chi connectivity index (χ2n) is 4.32. The van der Waals surface area contributed by atoms with Crippen LogP contribution in [0.3, 0.4) is 0 Å². The van der Waals surface area contributed by atoms with Gasteiger partial charge in [0.25, 0.3) is 0 Å². The van der Waals surface area contributed by atoms with Crippen molar-refractivity contribution in [2.24, 2.45) is 0 Å². The van der Waals surface area contributed by atoms with Crippen LogP contribution in [0.15, 0.2) is 41.8 Å². The van der Waals surface area contributed by atoms with Gasteiger partial charge in [0, 0.05) is 17.0 Å². The van der Waals surface area contributed by atoms with Crippen molar-refractivity contribution < 1.29 is 4.79 Å². The molecule has 1 amide bonds. The Morgan fingerprint density at radius 1 is 1.42 bits per heavy atom. The molecule has 0 aliphatic rings. The highest BCUT2D eigenvalue weighted by molar-refractivity contribution is 7.10. The molecule has 1 N–H and O–H groups in total. The molecule has 0 saturated carbocycles. The molecule has 0 aliphatic carbocycles. The van der Waals surface area contributed by atoms with Gasteiger partial charge in [-0.15, -0.1) is 11.3 Å². The molecule has 1 atom stereocenters.